The number of aromatic hydroxyl groups is 1. The highest BCUT2D eigenvalue weighted by molar-refractivity contribution is 5.25. The summed E-state index contributed by atoms with van der Waals surface area (Å²) in [6.07, 6.45) is 6.69. The van der Waals surface area contributed by atoms with E-state index in [1.165, 1.54) is 37.7 Å². The van der Waals surface area contributed by atoms with Crippen molar-refractivity contribution >= 4 is 0 Å². The van der Waals surface area contributed by atoms with Crippen molar-refractivity contribution in [1.29, 1.82) is 0 Å². The molecule has 0 bridgehead atoms. The van der Waals surface area contributed by atoms with E-state index in [0.717, 1.165) is 13.1 Å². The van der Waals surface area contributed by atoms with Crippen LogP contribution in [0.1, 0.15) is 37.7 Å². The Kier molecular flexibility index (Phi) is 5.02. The second kappa shape index (κ2) is 6.76. The molecule has 0 atom stereocenters. The molecule has 0 spiro atoms. The molecule has 0 radical (unpaired) electrons. The van der Waals surface area contributed by atoms with E-state index in [1.807, 2.05) is 12.1 Å². The summed E-state index contributed by atoms with van der Waals surface area (Å²) < 4.78 is 0. The van der Waals surface area contributed by atoms with Crippen LogP contribution in [0.15, 0.2) is 24.3 Å². The molecule has 0 aliphatic heterocycles. The van der Waals surface area contributed by atoms with Gasteiger partial charge in [-0.25, -0.2) is 0 Å². The lowest BCUT2D eigenvalue weighted by atomic mass is 9.94. The molecule has 3 heteroatoms. The molecule has 1 aromatic rings. The molecule has 1 aromatic carbocycles. The van der Waals surface area contributed by atoms with Crippen LogP contribution in [0.4, 0.5) is 0 Å². The van der Waals surface area contributed by atoms with E-state index in [-0.39, 0.29) is 0 Å². The fourth-order valence-corrected chi connectivity index (χ4v) is 2.84. The Labute approximate surface area is 110 Å². The van der Waals surface area contributed by atoms with Crippen molar-refractivity contribution in [3.05, 3.63) is 29.8 Å². The first-order chi connectivity index (χ1) is 8.79. The molecule has 1 aliphatic carbocycles. The molecular weight excluding hydrogens is 224 g/mol. The largest absolute Gasteiger partial charge is 0.508 e. The van der Waals surface area contributed by atoms with Gasteiger partial charge in [-0.15, -0.1) is 0 Å². The quantitative estimate of drug-likeness (QED) is 0.841. The molecule has 18 heavy (non-hydrogen) atoms. The Morgan fingerprint density at radius 2 is 1.78 bits per heavy atom. The van der Waals surface area contributed by atoms with Crippen LogP contribution >= 0.6 is 0 Å². The normalized spacial score (nSPS) is 17.2. The molecule has 3 nitrogen and oxygen atoms in total. The summed E-state index contributed by atoms with van der Waals surface area (Å²) in [6.45, 7) is 2.63. The summed E-state index contributed by atoms with van der Waals surface area (Å²) in [5, 5.41) is 9.31. The van der Waals surface area contributed by atoms with Crippen molar-refractivity contribution in [3.63, 3.8) is 0 Å². The Balaban J connectivity index is 1.98. The fourth-order valence-electron chi connectivity index (χ4n) is 2.84. The minimum absolute atomic E-state index is 0.335. The molecule has 100 valence electrons. The Bertz CT molecular complexity index is 344. The second-order valence-electron chi connectivity index (χ2n) is 5.22. The van der Waals surface area contributed by atoms with Crippen molar-refractivity contribution in [2.24, 2.45) is 5.73 Å². The van der Waals surface area contributed by atoms with E-state index in [9.17, 15) is 5.11 Å². The topological polar surface area (TPSA) is 49.5 Å². The van der Waals surface area contributed by atoms with Gasteiger partial charge in [0.2, 0.25) is 0 Å². The average molecular weight is 248 g/mol. The molecule has 0 unspecified atom stereocenters. The minimum Gasteiger partial charge on any atom is -0.508 e. The predicted octanol–water partition coefficient (Wildman–Crippen LogP) is 2.49. The van der Waals surface area contributed by atoms with Crippen molar-refractivity contribution < 1.29 is 5.11 Å². The molecular formula is C15H24N2O. The maximum Gasteiger partial charge on any atom is 0.115 e. The Hall–Kier alpha value is -1.06. The lowest BCUT2D eigenvalue weighted by molar-refractivity contribution is 0.152. The van der Waals surface area contributed by atoms with Crippen molar-refractivity contribution in [1.82, 2.24) is 4.90 Å². The van der Waals surface area contributed by atoms with Gasteiger partial charge in [0, 0.05) is 25.7 Å². The van der Waals surface area contributed by atoms with Crippen molar-refractivity contribution in [3.8, 4) is 5.75 Å². The van der Waals surface area contributed by atoms with E-state index in [4.69, 9.17) is 5.73 Å². The molecule has 0 saturated heterocycles. The summed E-state index contributed by atoms with van der Waals surface area (Å²) in [5.74, 6) is 0.335. The van der Waals surface area contributed by atoms with Crippen LogP contribution in [-0.2, 0) is 6.54 Å². The first-order valence-electron chi connectivity index (χ1n) is 7.01. The van der Waals surface area contributed by atoms with Gasteiger partial charge in [-0.1, -0.05) is 31.4 Å². The summed E-state index contributed by atoms with van der Waals surface area (Å²) in [5.41, 5.74) is 6.99. The highest BCUT2D eigenvalue weighted by Gasteiger charge is 2.20. The van der Waals surface area contributed by atoms with Gasteiger partial charge in [-0.3, -0.25) is 4.90 Å². The maximum atomic E-state index is 9.31. The van der Waals surface area contributed by atoms with Gasteiger partial charge in [0.15, 0.2) is 0 Å². The van der Waals surface area contributed by atoms with E-state index in [0.29, 0.717) is 18.3 Å². The van der Waals surface area contributed by atoms with Crippen LogP contribution in [0.25, 0.3) is 0 Å². The molecule has 0 amide bonds. The van der Waals surface area contributed by atoms with Gasteiger partial charge < -0.3 is 10.8 Å². The highest BCUT2D eigenvalue weighted by Crippen LogP contribution is 2.24. The Morgan fingerprint density at radius 1 is 1.11 bits per heavy atom. The van der Waals surface area contributed by atoms with Crippen molar-refractivity contribution in [2.75, 3.05) is 13.1 Å². The number of nitrogens with two attached hydrogens (primary N) is 1. The number of hydrogen-bond donors (Lipinski definition) is 2. The zero-order valence-electron chi connectivity index (χ0n) is 11.0. The second-order valence-corrected chi connectivity index (χ2v) is 5.22. The summed E-state index contributed by atoms with van der Waals surface area (Å²) in [7, 11) is 0. The van der Waals surface area contributed by atoms with Crippen LogP contribution in [0.2, 0.25) is 0 Å². The third-order valence-corrected chi connectivity index (χ3v) is 3.83. The fraction of sp³-hybridized carbons (Fsp3) is 0.600. The van der Waals surface area contributed by atoms with E-state index < -0.39 is 0 Å². The van der Waals surface area contributed by atoms with Crippen LogP contribution in [0.3, 0.4) is 0 Å². The van der Waals surface area contributed by atoms with Gasteiger partial charge in [-0.2, -0.15) is 0 Å². The maximum absolute atomic E-state index is 9.31. The molecule has 0 aromatic heterocycles. The summed E-state index contributed by atoms with van der Waals surface area (Å²) in [4.78, 5) is 2.51. The van der Waals surface area contributed by atoms with Crippen LogP contribution in [0, 0.1) is 0 Å². The number of benzene rings is 1. The molecule has 2 rings (SSSR count). The minimum atomic E-state index is 0.335. The zero-order valence-corrected chi connectivity index (χ0v) is 11.0. The van der Waals surface area contributed by atoms with Gasteiger partial charge in [0.05, 0.1) is 0 Å². The van der Waals surface area contributed by atoms with Gasteiger partial charge >= 0.3 is 0 Å². The van der Waals surface area contributed by atoms with Crippen LogP contribution in [0.5, 0.6) is 5.75 Å². The molecule has 0 heterocycles. The highest BCUT2D eigenvalue weighted by atomic mass is 16.3. The first-order valence-corrected chi connectivity index (χ1v) is 7.01. The number of nitrogens with zero attached hydrogens (tertiary/aromatic N) is 1. The number of rotatable bonds is 5. The van der Waals surface area contributed by atoms with Crippen LogP contribution < -0.4 is 5.73 Å². The average Bonchev–Trinajstić information content (AvgIpc) is 2.42. The van der Waals surface area contributed by atoms with Gasteiger partial charge in [-0.05, 0) is 30.5 Å². The monoisotopic (exact) mass is 248 g/mol. The third kappa shape index (κ3) is 3.72. The van der Waals surface area contributed by atoms with Gasteiger partial charge in [0.25, 0.3) is 0 Å². The lowest BCUT2D eigenvalue weighted by Crippen LogP contribution is -2.39. The molecule has 3 N–H and O–H groups in total. The predicted molar refractivity (Wildman–Crippen MR) is 74.4 cm³/mol. The number of phenols is 1. The van der Waals surface area contributed by atoms with Crippen LogP contribution in [-0.4, -0.2) is 29.1 Å². The zero-order chi connectivity index (χ0) is 12.8. The summed E-state index contributed by atoms with van der Waals surface area (Å²) in [6, 6.07) is 8.22. The van der Waals surface area contributed by atoms with Gasteiger partial charge in [0.1, 0.15) is 5.75 Å². The smallest absolute Gasteiger partial charge is 0.115 e. The first kappa shape index (κ1) is 13.4. The SMILES string of the molecule is NCCN(Cc1ccc(O)cc1)C1CCCCC1. The van der Waals surface area contributed by atoms with E-state index in [2.05, 4.69) is 4.90 Å². The molecule has 1 fully saturated rings. The lowest BCUT2D eigenvalue weighted by Gasteiger charge is -2.34. The summed E-state index contributed by atoms with van der Waals surface area (Å²) >= 11 is 0. The standard InChI is InChI=1S/C15H24N2O/c16-10-11-17(14-4-2-1-3-5-14)12-13-6-8-15(18)9-7-13/h6-9,14,18H,1-5,10-12,16H2. The molecule has 1 aliphatic rings. The van der Waals surface area contributed by atoms with E-state index >= 15 is 0 Å². The Morgan fingerprint density at radius 3 is 2.39 bits per heavy atom. The third-order valence-electron chi connectivity index (χ3n) is 3.83. The number of hydrogen-bond acceptors (Lipinski definition) is 3. The van der Waals surface area contributed by atoms with E-state index in [1.54, 1.807) is 12.1 Å². The number of phenolic OH excluding ortho intramolecular Hbond substituents is 1. The molecule has 1 saturated carbocycles. The van der Waals surface area contributed by atoms with Crippen molar-refractivity contribution in [2.45, 2.75) is 44.7 Å².